The topological polar surface area (TPSA) is 93.8 Å². The number of hydrogen-bond acceptors (Lipinski definition) is 5. The molecule has 0 saturated carbocycles. The zero-order chi connectivity index (χ0) is 18.3. The van der Waals surface area contributed by atoms with Crippen molar-refractivity contribution in [3.8, 4) is 0 Å². The van der Waals surface area contributed by atoms with Gasteiger partial charge in [-0.15, -0.1) is 0 Å². The van der Waals surface area contributed by atoms with E-state index < -0.39 is 5.97 Å². The number of aliphatic imine (C=N–C) groups is 1. The Morgan fingerprint density at radius 1 is 1.33 bits per heavy atom. The van der Waals surface area contributed by atoms with Crippen LogP contribution in [0.5, 0.6) is 0 Å². The van der Waals surface area contributed by atoms with E-state index in [4.69, 9.17) is 10.5 Å². The van der Waals surface area contributed by atoms with Gasteiger partial charge < -0.3 is 15.8 Å². The molecule has 0 unspecified atom stereocenters. The van der Waals surface area contributed by atoms with Crippen LogP contribution in [0, 0.1) is 5.41 Å². The number of amidine groups is 1. The average molecular weight is 331 g/mol. The third-order valence-electron chi connectivity index (χ3n) is 3.07. The van der Waals surface area contributed by atoms with Gasteiger partial charge in [-0.1, -0.05) is 26.8 Å². The van der Waals surface area contributed by atoms with Gasteiger partial charge in [-0.05, 0) is 25.1 Å². The fourth-order valence-corrected chi connectivity index (χ4v) is 1.70. The number of amides is 1. The minimum atomic E-state index is -0.416. The molecule has 0 aromatic heterocycles. The molecule has 0 radical (unpaired) electrons. The zero-order valence-electron chi connectivity index (χ0n) is 14.8. The number of nitrogens with two attached hydrogens (primary N) is 1. The second-order valence-corrected chi connectivity index (χ2v) is 6.30. The Morgan fingerprint density at radius 2 is 2.00 bits per heavy atom. The van der Waals surface area contributed by atoms with E-state index in [0.29, 0.717) is 29.4 Å². The summed E-state index contributed by atoms with van der Waals surface area (Å²) in [6.45, 7) is 9.33. The van der Waals surface area contributed by atoms with Crippen molar-refractivity contribution in [1.82, 2.24) is 5.32 Å². The molecule has 0 heterocycles. The highest BCUT2D eigenvalue weighted by Crippen LogP contribution is 2.21. The predicted octanol–water partition coefficient (Wildman–Crippen LogP) is 2.92. The van der Waals surface area contributed by atoms with Crippen molar-refractivity contribution in [2.75, 3.05) is 6.61 Å². The number of hydrogen-bond donors (Lipinski definition) is 2. The van der Waals surface area contributed by atoms with Gasteiger partial charge in [0, 0.05) is 24.1 Å². The van der Waals surface area contributed by atoms with Crippen LogP contribution in [0.15, 0.2) is 41.0 Å². The summed E-state index contributed by atoms with van der Waals surface area (Å²) in [5.74, 6) is -0.357. The van der Waals surface area contributed by atoms with Crippen LogP contribution < -0.4 is 11.1 Å². The third-order valence-corrected chi connectivity index (χ3v) is 3.07. The first-order valence-corrected chi connectivity index (χ1v) is 7.74. The second kappa shape index (κ2) is 8.29. The Kier molecular flexibility index (Phi) is 6.70. The highest BCUT2D eigenvalue weighted by molar-refractivity contribution is 6.05. The molecule has 3 N–H and O–H groups in total. The molecule has 1 rings (SSSR count). The number of nitrogens with one attached hydrogen (secondary N) is 1. The molecular formula is C18H25N3O3. The molecule has 0 fully saturated rings. The van der Waals surface area contributed by atoms with E-state index >= 15 is 0 Å². The van der Waals surface area contributed by atoms with Crippen molar-refractivity contribution in [3.63, 3.8) is 0 Å². The van der Waals surface area contributed by atoms with Gasteiger partial charge in [0.1, 0.15) is 5.84 Å². The molecule has 0 atom stereocenters. The highest BCUT2D eigenvalue weighted by Gasteiger charge is 2.15. The Hall–Kier alpha value is -2.63. The molecule has 1 amide bonds. The van der Waals surface area contributed by atoms with Crippen molar-refractivity contribution >= 4 is 23.4 Å². The summed E-state index contributed by atoms with van der Waals surface area (Å²) < 4.78 is 4.97. The lowest BCUT2D eigenvalue weighted by atomic mass is 9.92. The monoisotopic (exact) mass is 331 g/mol. The normalized spacial score (nSPS) is 12.7. The molecule has 0 aliphatic carbocycles. The van der Waals surface area contributed by atoms with E-state index in [-0.39, 0.29) is 11.3 Å². The van der Waals surface area contributed by atoms with E-state index in [1.54, 1.807) is 37.3 Å². The number of rotatable bonds is 4. The van der Waals surface area contributed by atoms with Crippen LogP contribution in [0.2, 0.25) is 0 Å². The molecule has 0 aliphatic rings. The number of allylic oxidation sites excluding steroid dienone is 1. The Morgan fingerprint density at radius 3 is 2.54 bits per heavy atom. The van der Waals surface area contributed by atoms with Gasteiger partial charge in [0.15, 0.2) is 0 Å². The fourth-order valence-electron chi connectivity index (χ4n) is 1.70. The van der Waals surface area contributed by atoms with Crippen molar-refractivity contribution in [2.45, 2.75) is 34.6 Å². The molecule has 6 heteroatoms. The molecule has 1 aromatic rings. The van der Waals surface area contributed by atoms with E-state index in [9.17, 15) is 9.59 Å². The summed E-state index contributed by atoms with van der Waals surface area (Å²) in [5, 5.41) is 2.64. The number of ether oxygens (including phenoxy) is 1. The van der Waals surface area contributed by atoms with Crippen molar-refractivity contribution in [1.29, 1.82) is 0 Å². The third kappa shape index (κ3) is 6.24. The minimum absolute atomic E-state index is 0.256. The summed E-state index contributed by atoms with van der Waals surface area (Å²) >= 11 is 0. The van der Waals surface area contributed by atoms with Crippen LogP contribution in [0.1, 0.15) is 45.0 Å². The lowest BCUT2D eigenvalue weighted by Crippen LogP contribution is -2.29. The van der Waals surface area contributed by atoms with Gasteiger partial charge in [0.25, 0.3) is 0 Å². The molecule has 0 aliphatic heterocycles. The van der Waals surface area contributed by atoms with Crippen molar-refractivity contribution in [3.05, 3.63) is 41.6 Å². The Labute approximate surface area is 142 Å². The SMILES string of the molecule is CCOC(=O)c1cccc(N=C(/C=C(\N)C(C)(C)C)NC(C)=O)c1. The molecule has 24 heavy (non-hydrogen) atoms. The van der Waals surface area contributed by atoms with Gasteiger partial charge in [-0.2, -0.15) is 0 Å². The summed E-state index contributed by atoms with van der Waals surface area (Å²) in [6, 6.07) is 6.67. The van der Waals surface area contributed by atoms with E-state index in [2.05, 4.69) is 10.3 Å². The Bertz CT molecular complexity index is 670. The summed E-state index contributed by atoms with van der Waals surface area (Å²) in [4.78, 5) is 27.6. The summed E-state index contributed by atoms with van der Waals surface area (Å²) in [5.41, 5.74) is 7.29. The lowest BCUT2D eigenvalue weighted by Gasteiger charge is -2.19. The fraction of sp³-hybridized carbons (Fsp3) is 0.389. The lowest BCUT2D eigenvalue weighted by molar-refractivity contribution is -0.117. The quantitative estimate of drug-likeness (QED) is 0.504. The number of carbonyl (C=O) groups excluding carboxylic acids is 2. The second-order valence-electron chi connectivity index (χ2n) is 6.30. The molecule has 0 spiro atoms. The molecule has 0 saturated heterocycles. The largest absolute Gasteiger partial charge is 0.462 e. The number of carbonyl (C=O) groups is 2. The first kappa shape index (κ1) is 19.4. The van der Waals surface area contributed by atoms with E-state index in [1.807, 2.05) is 20.8 Å². The van der Waals surface area contributed by atoms with Crippen molar-refractivity contribution < 1.29 is 14.3 Å². The standard InChI is InChI=1S/C18H25N3O3/c1-6-24-17(23)13-8-7-9-14(10-13)21-16(20-12(2)22)11-15(19)18(3,4)5/h7-11H,6,19H2,1-5H3,(H,20,21,22)/b15-11-. The zero-order valence-corrected chi connectivity index (χ0v) is 14.8. The highest BCUT2D eigenvalue weighted by atomic mass is 16.5. The van der Waals surface area contributed by atoms with Gasteiger partial charge >= 0.3 is 5.97 Å². The number of esters is 1. The van der Waals surface area contributed by atoms with Crippen LogP contribution in [0.25, 0.3) is 0 Å². The smallest absolute Gasteiger partial charge is 0.338 e. The van der Waals surface area contributed by atoms with Crippen LogP contribution in [-0.4, -0.2) is 24.3 Å². The van der Waals surface area contributed by atoms with E-state index in [1.165, 1.54) is 6.92 Å². The van der Waals surface area contributed by atoms with Gasteiger partial charge in [0.05, 0.1) is 17.9 Å². The maximum absolute atomic E-state index is 11.8. The number of nitrogens with zero attached hydrogens (tertiary/aromatic N) is 1. The molecule has 0 bridgehead atoms. The molecule has 130 valence electrons. The van der Waals surface area contributed by atoms with Crippen LogP contribution >= 0.6 is 0 Å². The van der Waals surface area contributed by atoms with Crippen molar-refractivity contribution in [2.24, 2.45) is 16.1 Å². The minimum Gasteiger partial charge on any atom is -0.462 e. The first-order chi connectivity index (χ1) is 11.1. The average Bonchev–Trinajstić information content (AvgIpc) is 2.46. The van der Waals surface area contributed by atoms with Crippen LogP contribution in [-0.2, 0) is 9.53 Å². The molecule has 1 aromatic carbocycles. The van der Waals surface area contributed by atoms with Gasteiger partial charge in [-0.3, -0.25) is 4.79 Å². The summed E-state index contributed by atoms with van der Waals surface area (Å²) in [7, 11) is 0. The van der Waals surface area contributed by atoms with Gasteiger partial charge in [0.2, 0.25) is 5.91 Å². The number of benzene rings is 1. The van der Waals surface area contributed by atoms with Crippen LogP contribution in [0.3, 0.4) is 0 Å². The summed E-state index contributed by atoms with van der Waals surface area (Å²) in [6.07, 6.45) is 1.62. The maximum Gasteiger partial charge on any atom is 0.338 e. The predicted molar refractivity (Wildman–Crippen MR) is 95.0 cm³/mol. The molecule has 6 nitrogen and oxygen atoms in total. The van der Waals surface area contributed by atoms with E-state index in [0.717, 1.165) is 0 Å². The Balaban J connectivity index is 3.21. The first-order valence-electron chi connectivity index (χ1n) is 7.74. The van der Waals surface area contributed by atoms with Crippen LogP contribution in [0.4, 0.5) is 5.69 Å². The molecular weight excluding hydrogens is 306 g/mol. The van der Waals surface area contributed by atoms with Gasteiger partial charge in [-0.25, -0.2) is 9.79 Å². The maximum atomic E-state index is 11.8.